The lowest BCUT2D eigenvalue weighted by Gasteiger charge is -2.16. The summed E-state index contributed by atoms with van der Waals surface area (Å²) in [5.74, 6) is -0.934. The van der Waals surface area contributed by atoms with E-state index < -0.39 is 28.1 Å². The number of benzene rings is 2. The number of carbonyl (C=O) groups excluding carboxylic acids is 1. The highest BCUT2D eigenvalue weighted by atomic mass is 32.2. The van der Waals surface area contributed by atoms with E-state index >= 15 is 0 Å². The average Bonchev–Trinajstić information content (AvgIpc) is 3.24. The fourth-order valence-electron chi connectivity index (χ4n) is 3.03. The van der Waals surface area contributed by atoms with Crippen molar-refractivity contribution in [2.75, 3.05) is 13.1 Å². The normalized spacial score (nSPS) is 15.1. The van der Waals surface area contributed by atoms with Gasteiger partial charge in [0.05, 0.1) is 4.90 Å². The van der Waals surface area contributed by atoms with Gasteiger partial charge in [-0.3, -0.25) is 4.79 Å². The van der Waals surface area contributed by atoms with Gasteiger partial charge in [0, 0.05) is 13.1 Å². The van der Waals surface area contributed by atoms with E-state index in [2.05, 4.69) is 4.72 Å². The van der Waals surface area contributed by atoms with Gasteiger partial charge >= 0.3 is 12.1 Å². The maximum Gasteiger partial charge on any atom is 0.415 e. The van der Waals surface area contributed by atoms with Gasteiger partial charge in [0.25, 0.3) is 0 Å². The number of hydrogen-bond acceptors (Lipinski definition) is 5. The fourth-order valence-corrected chi connectivity index (χ4v) is 4.24. The van der Waals surface area contributed by atoms with E-state index in [0.29, 0.717) is 24.4 Å². The number of carbonyl (C=O) groups is 2. The molecular weight excluding hydrogens is 396 g/mol. The first-order valence-corrected chi connectivity index (χ1v) is 10.7. The van der Waals surface area contributed by atoms with Crippen molar-refractivity contribution < 1.29 is 27.9 Å². The van der Waals surface area contributed by atoms with Crippen molar-refractivity contribution in [2.24, 2.45) is 0 Å². The van der Waals surface area contributed by atoms with Gasteiger partial charge in [0.2, 0.25) is 10.0 Å². The molecule has 154 valence electrons. The molecule has 8 nitrogen and oxygen atoms in total. The van der Waals surface area contributed by atoms with E-state index in [9.17, 15) is 23.1 Å². The molecule has 1 fully saturated rings. The third kappa shape index (κ3) is 5.55. The number of rotatable bonds is 7. The summed E-state index contributed by atoms with van der Waals surface area (Å²) in [4.78, 5) is 25.2. The topological polar surface area (TPSA) is 113 Å². The Morgan fingerprint density at radius 1 is 1.03 bits per heavy atom. The summed E-state index contributed by atoms with van der Waals surface area (Å²) in [6.45, 7) is 1.36. The minimum atomic E-state index is -3.96. The first-order chi connectivity index (χ1) is 13.8. The molecule has 0 radical (unpaired) electrons. The van der Waals surface area contributed by atoms with Crippen LogP contribution in [-0.2, 0) is 21.2 Å². The summed E-state index contributed by atoms with van der Waals surface area (Å²) >= 11 is 0. The third-order valence-electron chi connectivity index (χ3n) is 4.58. The summed E-state index contributed by atoms with van der Waals surface area (Å²) in [7, 11) is -3.96. The van der Waals surface area contributed by atoms with Crippen LogP contribution in [0.15, 0.2) is 59.5 Å². The van der Waals surface area contributed by atoms with E-state index in [0.717, 1.165) is 12.8 Å². The molecule has 0 saturated carbocycles. The van der Waals surface area contributed by atoms with Crippen LogP contribution in [0.25, 0.3) is 0 Å². The predicted molar refractivity (Wildman–Crippen MR) is 105 cm³/mol. The number of ether oxygens (including phenoxy) is 1. The Morgan fingerprint density at radius 3 is 2.24 bits per heavy atom. The van der Waals surface area contributed by atoms with Gasteiger partial charge < -0.3 is 14.7 Å². The van der Waals surface area contributed by atoms with Crippen molar-refractivity contribution in [3.63, 3.8) is 0 Å². The highest BCUT2D eigenvalue weighted by Crippen LogP contribution is 2.17. The molecule has 0 aromatic heterocycles. The van der Waals surface area contributed by atoms with E-state index in [1.54, 1.807) is 47.4 Å². The second-order valence-corrected chi connectivity index (χ2v) is 8.45. The average molecular weight is 418 g/mol. The van der Waals surface area contributed by atoms with Crippen LogP contribution in [0.5, 0.6) is 5.75 Å². The zero-order valence-corrected chi connectivity index (χ0v) is 16.5. The van der Waals surface area contributed by atoms with Crippen LogP contribution in [0.1, 0.15) is 18.4 Å². The number of amides is 1. The lowest BCUT2D eigenvalue weighted by Crippen LogP contribution is -2.42. The molecule has 1 amide bonds. The summed E-state index contributed by atoms with van der Waals surface area (Å²) in [5, 5.41) is 9.44. The predicted octanol–water partition coefficient (Wildman–Crippen LogP) is 2.26. The van der Waals surface area contributed by atoms with Crippen LogP contribution in [-0.4, -0.2) is 49.6 Å². The third-order valence-corrected chi connectivity index (χ3v) is 6.07. The number of carboxylic acid groups (broad SMARTS) is 1. The van der Waals surface area contributed by atoms with Crippen LogP contribution in [0.3, 0.4) is 0 Å². The van der Waals surface area contributed by atoms with Crippen LogP contribution >= 0.6 is 0 Å². The fraction of sp³-hybridized carbons (Fsp3) is 0.300. The molecule has 0 spiro atoms. The molecule has 0 aliphatic carbocycles. The number of likely N-dealkylation sites (tertiary alicyclic amines) is 1. The van der Waals surface area contributed by atoms with Crippen molar-refractivity contribution in [3.8, 4) is 5.75 Å². The molecule has 9 heteroatoms. The van der Waals surface area contributed by atoms with Gasteiger partial charge in [0.1, 0.15) is 11.8 Å². The number of hydrogen-bond donors (Lipinski definition) is 2. The Labute approximate surface area is 169 Å². The number of nitrogens with one attached hydrogen (secondary N) is 1. The molecule has 0 unspecified atom stereocenters. The smallest absolute Gasteiger partial charge is 0.415 e. The molecule has 1 atom stereocenters. The van der Waals surface area contributed by atoms with Gasteiger partial charge in [-0.1, -0.05) is 30.3 Å². The number of carboxylic acids is 1. The van der Waals surface area contributed by atoms with Gasteiger partial charge in [-0.05, 0) is 49.1 Å². The minimum absolute atomic E-state index is 0.00424. The second-order valence-electron chi connectivity index (χ2n) is 6.74. The van der Waals surface area contributed by atoms with Gasteiger partial charge in [-0.15, -0.1) is 0 Å². The van der Waals surface area contributed by atoms with Gasteiger partial charge in [-0.25, -0.2) is 13.2 Å². The molecule has 2 aromatic carbocycles. The van der Waals surface area contributed by atoms with Crippen molar-refractivity contribution >= 4 is 22.1 Å². The molecule has 1 aliphatic rings. The maximum absolute atomic E-state index is 12.4. The Bertz CT molecular complexity index is 954. The zero-order valence-electron chi connectivity index (χ0n) is 15.7. The van der Waals surface area contributed by atoms with E-state index in [1.165, 1.54) is 12.1 Å². The monoisotopic (exact) mass is 418 g/mol. The summed E-state index contributed by atoms with van der Waals surface area (Å²) < 4.78 is 32.3. The first kappa shape index (κ1) is 20.8. The number of aliphatic carboxylic acids is 1. The summed E-state index contributed by atoms with van der Waals surface area (Å²) in [6.07, 6.45) is 1.46. The van der Waals surface area contributed by atoms with Crippen molar-refractivity contribution in [3.05, 3.63) is 60.2 Å². The summed E-state index contributed by atoms with van der Waals surface area (Å²) in [6, 6.07) is 12.6. The summed E-state index contributed by atoms with van der Waals surface area (Å²) in [5.41, 5.74) is 0.592. The number of nitrogens with zero attached hydrogens (tertiary/aromatic N) is 1. The minimum Gasteiger partial charge on any atom is -0.480 e. The van der Waals surface area contributed by atoms with Gasteiger partial charge in [0.15, 0.2) is 0 Å². The van der Waals surface area contributed by atoms with Crippen molar-refractivity contribution in [1.29, 1.82) is 0 Å². The van der Waals surface area contributed by atoms with Crippen molar-refractivity contribution in [1.82, 2.24) is 9.62 Å². The zero-order chi connectivity index (χ0) is 20.9. The first-order valence-electron chi connectivity index (χ1n) is 9.21. The molecule has 1 saturated heterocycles. The largest absolute Gasteiger partial charge is 0.480 e. The van der Waals surface area contributed by atoms with Gasteiger partial charge in [-0.2, -0.15) is 4.72 Å². The lowest BCUT2D eigenvalue weighted by molar-refractivity contribution is -0.138. The molecule has 1 heterocycles. The molecule has 0 bridgehead atoms. The molecule has 3 rings (SSSR count). The van der Waals surface area contributed by atoms with Crippen LogP contribution in [0.2, 0.25) is 0 Å². The Hall–Kier alpha value is -2.91. The standard InChI is InChI=1S/C20H22N2O6S/c23-19(24)18(21-29(26,27)17-6-2-1-3-7-17)14-15-8-10-16(11-9-15)28-20(25)22-12-4-5-13-22/h1-3,6-11,18,21H,4-5,12-14H2,(H,23,24)/t18-/m0/s1. The van der Waals surface area contributed by atoms with Crippen molar-refractivity contribution in [2.45, 2.75) is 30.2 Å². The Balaban J connectivity index is 1.64. The maximum atomic E-state index is 12.4. The van der Waals surface area contributed by atoms with E-state index in [4.69, 9.17) is 4.74 Å². The van der Waals surface area contributed by atoms with E-state index in [-0.39, 0.29) is 11.3 Å². The Kier molecular flexibility index (Phi) is 6.50. The highest BCUT2D eigenvalue weighted by molar-refractivity contribution is 7.89. The van der Waals surface area contributed by atoms with E-state index in [1.807, 2.05) is 0 Å². The Morgan fingerprint density at radius 2 is 1.66 bits per heavy atom. The SMILES string of the molecule is O=C(O)[C@H](Cc1ccc(OC(=O)N2CCCC2)cc1)NS(=O)(=O)c1ccccc1. The molecule has 1 aliphatic heterocycles. The molecule has 2 aromatic rings. The highest BCUT2D eigenvalue weighted by Gasteiger charge is 2.26. The van der Waals surface area contributed by atoms with Crippen LogP contribution < -0.4 is 9.46 Å². The van der Waals surface area contributed by atoms with Crippen LogP contribution in [0.4, 0.5) is 4.79 Å². The molecule has 2 N–H and O–H groups in total. The molecular formula is C20H22N2O6S. The molecule has 29 heavy (non-hydrogen) atoms. The lowest BCUT2D eigenvalue weighted by atomic mass is 10.1. The number of sulfonamides is 1. The van der Waals surface area contributed by atoms with Crippen LogP contribution in [0, 0.1) is 0 Å². The quantitative estimate of drug-likeness (QED) is 0.713. The second kappa shape index (κ2) is 9.06.